The van der Waals surface area contributed by atoms with E-state index in [1.54, 1.807) is 0 Å². The quantitative estimate of drug-likeness (QED) is 0.0950. The average molecular weight is 664 g/mol. The Bertz CT molecular complexity index is 1090. The van der Waals surface area contributed by atoms with Gasteiger partial charge >= 0.3 is 221 Å². The van der Waals surface area contributed by atoms with Gasteiger partial charge in [0.2, 0.25) is 0 Å². The SMILES string of the molecule is CC(C)(OC(=O)C1CCCCC1S(=O)[O-])c1ccccc1I(Cl)C(F)(F)C(F)(F)Oc1ccccc1. The third kappa shape index (κ3) is 6.33. The monoisotopic (exact) mass is 663 g/mol. The Labute approximate surface area is 220 Å². The topological polar surface area (TPSA) is 75.7 Å². The standard InChI is InChI=1S/C24H26ClF4IO5S/c1-22(2,35-21(31)17-12-6-9-15-20(17)36(32)33)18-13-7-8-14-19(18)30(25)23(26,27)24(28,29)34-16-10-4-3-5-11-16/h3-5,7-8,10-11,13-14,17,20H,6,9,12,15H2,1-2H3,(H,32,33)/p-1. The molecule has 1 aliphatic carbocycles. The van der Waals surface area contributed by atoms with Crippen molar-refractivity contribution in [2.45, 2.75) is 60.4 Å². The van der Waals surface area contributed by atoms with Crippen molar-refractivity contribution in [3.8, 4) is 5.75 Å². The van der Waals surface area contributed by atoms with Gasteiger partial charge in [-0.25, -0.2) is 0 Å². The van der Waals surface area contributed by atoms with Gasteiger partial charge in [-0.05, 0) is 0 Å². The molecule has 0 spiro atoms. The summed E-state index contributed by atoms with van der Waals surface area (Å²) in [4.78, 5) is 12.9. The fourth-order valence-corrected chi connectivity index (χ4v) is 9.51. The number of ether oxygens (including phenoxy) is 2. The minimum absolute atomic E-state index is 0.0457. The van der Waals surface area contributed by atoms with E-state index in [4.69, 9.17) is 13.6 Å². The number of esters is 1. The van der Waals surface area contributed by atoms with E-state index in [1.807, 2.05) is 0 Å². The molecular formula is C24H25ClF4IO5S-. The van der Waals surface area contributed by atoms with Gasteiger partial charge in [0, 0.05) is 0 Å². The molecule has 3 rings (SSSR count). The Balaban J connectivity index is 1.88. The summed E-state index contributed by atoms with van der Waals surface area (Å²) in [5.74, 6) is -2.13. The number of benzene rings is 2. The van der Waals surface area contributed by atoms with Gasteiger partial charge in [0.15, 0.2) is 0 Å². The zero-order valence-corrected chi connectivity index (χ0v) is 23.1. The van der Waals surface area contributed by atoms with Crippen LogP contribution in [0.1, 0.15) is 45.1 Å². The summed E-state index contributed by atoms with van der Waals surface area (Å²) in [6.45, 7) is 2.85. The van der Waals surface area contributed by atoms with Crippen LogP contribution in [0, 0.1) is 9.49 Å². The number of alkyl halides is 5. The summed E-state index contributed by atoms with van der Waals surface area (Å²) in [6.07, 6.45) is -2.98. The van der Waals surface area contributed by atoms with Crippen LogP contribution in [0.3, 0.4) is 0 Å². The van der Waals surface area contributed by atoms with Crippen molar-refractivity contribution in [1.29, 1.82) is 0 Å². The molecule has 2 aromatic carbocycles. The second kappa shape index (κ2) is 11.5. The zero-order chi connectivity index (χ0) is 26.7. The first-order chi connectivity index (χ1) is 16.8. The van der Waals surface area contributed by atoms with Gasteiger partial charge in [-0.1, -0.05) is 0 Å². The number of hydrogen-bond donors (Lipinski definition) is 0. The number of rotatable bonds is 9. The van der Waals surface area contributed by atoms with Crippen LogP contribution < -0.4 is 4.74 Å². The first kappa shape index (κ1) is 29.1. The van der Waals surface area contributed by atoms with Gasteiger partial charge in [-0.2, -0.15) is 0 Å². The summed E-state index contributed by atoms with van der Waals surface area (Å²) in [5, 5.41) is -0.910. The second-order valence-corrected chi connectivity index (χ2v) is 15.7. The molecule has 0 N–H and O–H groups in total. The van der Waals surface area contributed by atoms with Crippen LogP contribution in [0.4, 0.5) is 17.6 Å². The minimum atomic E-state index is -4.90. The number of carbonyl (C=O) groups is 1. The van der Waals surface area contributed by atoms with E-state index in [2.05, 4.69) is 4.74 Å². The molecule has 1 fully saturated rings. The van der Waals surface area contributed by atoms with E-state index in [0.29, 0.717) is 25.7 Å². The van der Waals surface area contributed by atoms with Gasteiger partial charge in [0.1, 0.15) is 0 Å². The van der Waals surface area contributed by atoms with E-state index < -0.39 is 68.3 Å². The molecule has 12 heteroatoms. The molecule has 2 aromatic rings. The van der Waals surface area contributed by atoms with E-state index >= 15 is 8.78 Å². The molecule has 0 heterocycles. The van der Waals surface area contributed by atoms with Crippen LogP contribution in [0.15, 0.2) is 54.6 Å². The van der Waals surface area contributed by atoms with Crippen molar-refractivity contribution in [3.05, 3.63) is 63.7 Å². The van der Waals surface area contributed by atoms with Gasteiger partial charge < -0.3 is 0 Å². The molecule has 0 bridgehead atoms. The van der Waals surface area contributed by atoms with Crippen LogP contribution >= 0.6 is 27.6 Å². The molecule has 200 valence electrons. The van der Waals surface area contributed by atoms with Crippen molar-refractivity contribution < 1.29 is 40.6 Å². The van der Waals surface area contributed by atoms with E-state index in [-0.39, 0.29) is 9.13 Å². The molecule has 0 aromatic heterocycles. The van der Waals surface area contributed by atoms with Crippen LogP contribution in [0.2, 0.25) is 0 Å². The van der Waals surface area contributed by atoms with Crippen molar-refractivity contribution in [2.75, 3.05) is 0 Å². The fraction of sp³-hybridized carbons (Fsp3) is 0.458. The Morgan fingerprint density at radius 1 is 1.03 bits per heavy atom. The van der Waals surface area contributed by atoms with Gasteiger partial charge in [0.25, 0.3) is 0 Å². The molecule has 0 saturated heterocycles. The Kier molecular flexibility index (Phi) is 9.32. The second-order valence-electron chi connectivity index (χ2n) is 8.77. The van der Waals surface area contributed by atoms with Crippen LogP contribution in [-0.2, 0) is 26.2 Å². The number of hydrogen-bond acceptors (Lipinski definition) is 5. The van der Waals surface area contributed by atoms with Gasteiger partial charge in [-0.15, -0.1) is 0 Å². The molecule has 1 saturated carbocycles. The van der Waals surface area contributed by atoms with E-state index in [1.165, 1.54) is 56.3 Å². The predicted octanol–water partition coefficient (Wildman–Crippen LogP) is 7.00. The predicted molar refractivity (Wildman–Crippen MR) is 136 cm³/mol. The Morgan fingerprint density at radius 3 is 2.25 bits per heavy atom. The molecule has 0 amide bonds. The summed E-state index contributed by atoms with van der Waals surface area (Å²) in [6, 6.07) is 12.0. The molecule has 1 aliphatic rings. The van der Waals surface area contributed by atoms with Gasteiger partial charge in [-0.3, -0.25) is 0 Å². The van der Waals surface area contributed by atoms with Gasteiger partial charge in [0.05, 0.1) is 0 Å². The Morgan fingerprint density at radius 2 is 1.61 bits per heavy atom. The summed E-state index contributed by atoms with van der Waals surface area (Å²) < 4.78 is 87.8. The van der Waals surface area contributed by atoms with Crippen LogP contribution in [0.25, 0.3) is 0 Å². The van der Waals surface area contributed by atoms with Crippen molar-refractivity contribution in [2.24, 2.45) is 5.92 Å². The Hall–Kier alpha value is -1.44. The molecule has 3 unspecified atom stereocenters. The number of carbonyl (C=O) groups excluding carboxylic acids is 1. The normalized spacial score (nSPS) is 20.4. The third-order valence-corrected chi connectivity index (χ3v) is 12.9. The summed E-state index contributed by atoms with van der Waals surface area (Å²) >= 11 is -7.02. The maximum atomic E-state index is 15.1. The van der Waals surface area contributed by atoms with Crippen LogP contribution in [0.5, 0.6) is 5.75 Å². The van der Waals surface area contributed by atoms with Crippen molar-refractivity contribution in [1.82, 2.24) is 0 Å². The van der Waals surface area contributed by atoms with Crippen molar-refractivity contribution >= 4 is 44.6 Å². The summed E-state index contributed by atoms with van der Waals surface area (Å²) in [5.41, 5.74) is -1.50. The zero-order valence-electron chi connectivity index (χ0n) is 19.4. The first-order valence-corrected chi connectivity index (χ1v) is 17.1. The van der Waals surface area contributed by atoms with E-state index in [0.717, 1.165) is 12.1 Å². The molecule has 3 atom stereocenters. The summed E-state index contributed by atoms with van der Waals surface area (Å²) in [7, 11) is 6.13. The van der Waals surface area contributed by atoms with Crippen molar-refractivity contribution in [3.63, 3.8) is 0 Å². The molecule has 0 radical (unpaired) electrons. The third-order valence-electron chi connectivity index (χ3n) is 5.84. The molecule has 36 heavy (non-hydrogen) atoms. The van der Waals surface area contributed by atoms with E-state index in [9.17, 15) is 22.3 Å². The molecule has 5 nitrogen and oxygen atoms in total. The average Bonchev–Trinajstić information content (AvgIpc) is 2.83. The number of para-hydroxylation sites is 1. The maximum absolute atomic E-state index is 15.1. The molecule has 0 aliphatic heterocycles. The fourth-order valence-electron chi connectivity index (χ4n) is 3.99. The number of halogens is 6. The first-order valence-electron chi connectivity index (χ1n) is 11.0. The van der Waals surface area contributed by atoms with Crippen LogP contribution in [-0.4, -0.2) is 30.0 Å². The molecular weight excluding hydrogens is 639 g/mol.